The minimum atomic E-state index is -4.85. The van der Waals surface area contributed by atoms with Gasteiger partial charge in [-0.3, -0.25) is 9.69 Å². The number of rotatable bonds is 7. The van der Waals surface area contributed by atoms with Crippen molar-refractivity contribution in [2.45, 2.75) is 38.4 Å². The van der Waals surface area contributed by atoms with Crippen LogP contribution in [-0.2, 0) is 16.6 Å². The second-order valence-electron chi connectivity index (χ2n) is 10.6. The lowest BCUT2D eigenvalue weighted by atomic mass is 10.0. The molecule has 0 aliphatic carbocycles. The molecular formula is C27H30F3N5O5S. The lowest BCUT2D eigenvalue weighted by Crippen LogP contribution is -2.46. The summed E-state index contributed by atoms with van der Waals surface area (Å²) < 4.78 is 68.5. The summed E-state index contributed by atoms with van der Waals surface area (Å²) in [6.07, 6.45) is -4.85. The predicted octanol–water partition coefficient (Wildman–Crippen LogP) is 3.93. The SMILES string of the molecule is CC(C)(C)S(=O)(=O)NC(=O)c1ccc(N2CCN(Cc3cc(OC(F)(F)F)cc(-c4cccc(O)c4)c3)CC2)nn1. The molecule has 2 heterocycles. The van der Waals surface area contributed by atoms with Crippen LogP contribution in [0, 0.1) is 0 Å². The monoisotopic (exact) mass is 593 g/mol. The summed E-state index contributed by atoms with van der Waals surface area (Å²) in [4.78, 5) is 16.4. The van der Waals surface area contributed by atoms with Gasteiger partial charge in [0.15, 0.2) is 11.5 Å². The van der Waals surface area contributed by atoms with Crippen LogP contribution in [0.15, 0.2) is 54.6 Å². The standard InChI is InChI=1S/C27H30F3N5O5S/c1-26(2,3)41(38,39)33-25(37)23-7-8-24(32-31-23)35-11-9-34(10-12-35)17-18-13-20(19-5-4-6-21(36)15-19)16-22(14-18)40-27(28,29)30/h4-8,13-16,36H,9-12,17H2,1-3H3,(H,33,37). The summed E-state index contributed by atoms with van der Waals surface area (Å²) in [5.74, 6) is -0.715. The van der Waals surface area contributed by atoms with Gasteiger partial charge in [0.05, 0.1) is 4.75 Å². The van der Waals surface area contributed by atoms with Crippen LogP contribution in [0.5, 0.6) is 11.5 Å². The maximum Gasteiger partial charge on any atom is 0.573 e. The van der Waals surface area contributed by atoms with Crippen molar-refractivity contribution in [1.82, 2.24) is 19.8 Å². The van der Waals surface area contributed by atoms with Gasteiger partial charge in [-0.2, -0.15) is 0 Å². The van der Waals surface area contributed by atoms with Crippen LogP contribution in [0.4, 0.5) is 19.0 Å². The Morgan fingerprint density at radius 2 is 1.68 bits per heavy atom. The molecule has 0 bridgehead atoms. The van der Waals surface area contributed by atoms with Crippen LogP contribution < -0.4 is 14.4 Å². The van der Waals surface area contributed by atoms with E-state index in [1.54, 1.807) is 24.3 Å². The van der Waals surface area contributed by atoms with Crippen molar-refractivity contribution >= 4 is 21.7 Å². The second kappa shape index (κ2) is 11.5. The summed E-state index contributed by atoms with van der Waals surface area (Å²) in [6.45, 7) is 6.99. The summed E-state index contributed by atoms with van der Waals surface area (Å²) in [7, 11) is -3.90. The third kappa shape index (κ3) is 7.85. The van der Waals surface area contributed by atoms with Crippen LogP contribution in [0.2, 0.25) is 0 Å². The number of amides is 1. The van der Waals surface area contributed by atoms with Gasteiger partial charge in [-0.1, -0.05) is 12.1 Å². The van der Waals surface area contributed by atoms with E-state index in [1.807, 2.05) is 9.62 Å². The van der Waals surface area contributed by atoms with E-state index in [9.17, 15) is 31.5 Å². The summed E-state index contributed by atoms with van der Waals surface area (Å²) in [5, 5.41) is 17.8. The number of nitrogens with one attached hydrogen (secondary N) is 1. The number of anilines is 1. The number of alkyl halides is 3. The molecule has 2 N–H and O–H groups in total. The lowest BCUT2D eigenvalue weighted by molar-refractivity contribution is -0.274. The third-order valence-corrected chi connectivity index (χ3v) is 8.46. The first-order valence-corrected chi connectivity index (χ1v) is 14.1. The Bertz CT molecular complexity index is 1500. The van der Waals surface area contributed by atoms with E-state index in [2.05, 4.69) is 19.8 Å². The Morgan fingerprint density at radius 1 is 0.976 bits per heavy atom. The molecule has 1 aliphatic heterocycles. The molecule has 14 heteroatoms. The van der Waals surface area contributed by atoms with Crippen LogP contribution >= 0.6 is 0 Å². The highest BCUT2D eigenvalue weighted by atomic mass is 32.2. The Hall–Kier alpha value is -3.91. The molecule has 220 valence electrons. The van der Waals surface area contributed by atoms with Gasteiger partial charge in [0.2, 0.25) is 10.0 Å². The molecular weight excluding hydrogens is 563 g/mol. The van der Waals surface area contributed by atoms with Crippen molar-refractivity contribution in [3.05, 3.63) is 65.9 Å². The molecule has 4 rings (SSSR count). The molecule has 0 radical (unpaired) electrons. The summed E-state index contributed by atoms with van der Waals surface area (Å²) >= 11 is 0. The van der Waals surface area contributed by atoms with Gasteiger partial charge in [0, 0.05) is 32.7 Å². The average Bonchev–Trinajstić information content (AvgIpc) is 2.87. The molecule has 0 unspecified atom stereocenters. The number of hydrogen-bond acceptors (Lipinski definition) is 9. The van der Waals surface area contributed by atoms with Crippen molar-refractivity contribution in [2.24, 2.45) is 0 Å². The molecule has 1 aliphatic rings. The van der Waals surface area contributed by atoms with E-state index in [1.165, 1.54) is 51.1 Å². The van der Waals surface area contributed by atoms with Crippen molar-refractivity contribution in [1.29, 1.82) is 0 Å². The van der Waals surface area contributed by atoms with Crippen molar-refractivity contribution < 1.29 is 36.2 Å². The first kappa shape index (κ1) is 30.1. The number of carbonyl (C=O) groups excluding carboxylic acids is 1. The zero-order valence-electron chi connectivity index (χ0n) is 22.6. The lowest BCUT2D eigenvalue weighted by Gasteiger charge is -2.35. The number of nitrogens with zero attached hydrogens (tertiary/aromatic N) is 4. The van der Waals surface area contributed by atoms with Crippen LogP contribution in [0.1, 0.15) is 36.8 Å². The van der Waals surface area contributed by atoms with Crippen molar-refractivity contribution in [3.8, 4) is 22.6 Å². The fraction of sp³-hybridized carbons (Fsp3) is 0.370. The van der Waals surface area contributed by atoms with E-state index in [-0.39, 0.29) is 17.2 Å². The molecule has 1 saturated heterocycles. The van der Waals surface area contributed by atoms with E-state index in [0.29, 0.717) is 55.2 Å². The van der Waals surface area contributed by atoms with Gasteiger partial charge in [-0.15, -0.1) is 23.4 Å². The number of aromatic hydroxyl groups is 1. The zero-order valence-corrected chi connectivity index (χ0v) is 23.5. The molecule has 10 nitrogen and oxygen atoms in total. The smallest absolute Gasteiger partial charge is 0.508 e. The van der Waals surface area contributed by atoms with Gasteiger partial charge in [0.1, 0.15) is 11.5 Å². The Labute approximate surface area is 235 Å². The van der Waals surface area contributed by atoms with Crippen LogP contribution in [0.3, 0.4) is 0 Å². The predicted molar refractivity (Wildman–Crippen MR) is 146 cm³/mol. The first-order chi connectivity index (χ1) is 19.1. The second-order valence-corrected chi connectivity index (χ2v) is 13.0. The fourth-order valence-corrected chi connectivity index (χ4v) is 4.79. The number of sulfonamides is 1. The topological polar surface area (TPSA) is 125 Å². The number of hydrogen-bond donors (Lipinski definition) is 2. The summed E-state index contributed by atoms with van der Waals surface area (Å²) in [6, 6.07) is 13.6. The van der Waals surface area contributed by atoms with Gasteiger partial charge in [0.25, 0.3) is 5.91 Å². The highest BCUT2D eigenvalue weighted by Crippen LogP contribution is 2.32. The van der Waals surface area contributed by atoms with Gasteiger partial charge in [-0.05, 0) is 79.9 Å². The van der Waals surface area contributed by atoms with Crippen molar-refractivity contribution in [3.63, 3.8) is 0 Å². The molecule has 0 atom stereocenters. The molecule has 3 aromatic rings. The molecule has 1 amide bonds. The van der Waals surface area contributed by atoms with Gasteiger partial charge in [-0.25, -0.2) is 13.1 Å². The number of phenolic OH excluding ortho intramolecular Hbond substituents is 1. The molecule has 1 fully saturated rings. The fourth-order valence-electron chi connectivity index (χ4n) is 4.13. The van der Waals surface area contributed by atoms with E-state index in [4.69, 9.17) is 0 Å². The first-order valence-electron chi connectivity index (χ1n) is 12.7. The number of phenols is 1. The number of halogens is 3. The highest BCUT2D eigenvalue weighted by molar-refractivity contribution is 7.91. The normalized spacial score (nSPS) is 15.0. The molecule has 41 heavy (non-hydrogen) atoms. The Balaban J connectivity index is 1.41. The average molecular weight is 594 g/mol. The van der Waals surface area contributed by atoms with Crippen molar-refractivity contribution in [2.75, 3.05) is 31.1 Å². The van der Waals surface area contributed by atoms with E-state index in [0.717, 1.165) is 0 Å². The maximum atomic E-state index is 13.0. The number of aromatic nitrogens is 2. The zero-order chi connectivity index (χ0) is 30.0. The van der Waals surface area contributed by atoms with Gasteiger partial charge >= 0.3 is 6.36 Å². The van der Waals surface area contributed by atoms with Gasteiger partial charge < -0.3 is 14.7 Å². The molecule has 0 saturated carbocycles. The van der Waals surface area contributed by atoms with Crippen LogP contribution in [0.25, 0.3) is 11.1 Å². The van der Waals surface area contributed by atoms with Crippen LogP contribution in [-0.4, -0.2) is 71.8 Å². The quantitative estimate of drug-likeness (QED) is 0.419. The van der Waals surface area contributed by atoms with E-state index >= 15 is 0 Å². The summed E-state index contributed by atoms with van der Waals surface area (Å²) in [5.41, 5.74) is 1.50. The number of carbonyl (C=O) groups is 1. The molecule has 2 aromatic carbocycles. The maximum absolute atomic E-state index is 13.0. The minimum absolute atomic E-state index is 0.00554. The Kier molecular flexibility index (Phi) is 8.45. The highest BCUT2D eigenvalue weighted by Gasteiger charge is 2.32. The molecule has 0 spiro atoms. The minimum Gasteiger partial charge on any atom is -0.508 e. The third-order valence-electron chi connectivity index (χ3n) is 6.40. The number of ether oxygens (including phenoxy) is 1. The largest absolute Gasteiger partial charge is 0.573 e. The molecule has 1 aromatic heterocycles. The Morgan fingerprint density at radius 3 is 2.27 bits per heavy atom. The number of benzene rings is 2. The van der Waals surface area contributed by atoms with E-state index < -0.39 is 27.0 Å². The number of piperazine rings is 1.